The molecule has 1 rings (SSSR count). The summed E-state index contributed by atoms with van der Waals surface area (Å²) in [6, 6.07) is 0. The Morgan fingerprint density at radius 3 is 1.21 bits per heavy atom. The van der Waals surface area contributed by atoms with Gasteiger partial charge in [-0.15, -0.1) is 0 Å². The SMILES string of the molecule is Cc1nnc(C)c(C(C)C)c1C(C)C. The molecule has 0 aliphatic heterocycles. The summed E-state index contributed by atoms with van der Waals surface area (Å²) in [6.07, 6.45) is 0. The maximum Gasteiger partial charge on any atom is 0.0637 e. The molecule has 0 saturated heterocycles. The molecule has 78 valence electrons. The maximum atomic E-state index is 4.19. The minimum absolute atomic E-state index is 0.529. The standard InChI is InChI=1S/C12H20N2/c1-7(2)11-9(5)13-14-10(6)12(11)8(3)4/h7-8H,1-6H3. The zero-order valence-corrected chi connectivity index (χ0v) is 10.0. The Balaban J connectivity index is 3.42. The summed E-state index contributed by atoms with van der Waals surface area (Å²) in [7, 11) is 0. The number of rotatable bonds is 2. The lowest BCUT2D eigenvalue weighted by Gasteiger charge is -2.19. The van der Waals surface area contributed by atoms with Gasteiger partial charge in [0.05, 0.1) is 11.4 Å². The van der Waals surface area contributed by atoms with Gasteiger partial charge in [0.25, 0.3) is 0 Å². The quantitative estimate of drug-likeness (QED) is 0.718. The van der Waals surface area contributed by atoms with Crippen LogP contribution in [0.5, 0.6) is 0 Å². The Morgan fingerprint density at radius 2 is 1.00 bits per heavy atom. The first-order valence-corrected chi connectivity index (χ1v) is 5.28. The molecule has 0 spiro atoms. The zero-order chi connectivity index (χ0) is 10.9. The molecule has 0 fully saturated rings. The van der Waals surface area contributed by atoms with Crippen LogP contribution in [0.15, 0.2) is 0 Å². The molecule has 0 bridgehead atoms. The lowest BCUT2D eigenvalue weighted by Crippen LogP contribution is -2.08. The van der Waals surface area contributed by atoms with E-state index in [-0.39, 0.29) is 0 Å². The number of hydrogen-bond acceptors (Lipinski definition) is 2. The van der Waals surface area contributed by atoms with Crippen molar-refractivity contribution in [2.45, 2.75) is 53.4 Å². The summed E-state index contributed by atoms with van der Waals surface area (Å²) in [6.45, 7) is 13.0. The molecule has 2 nitrogen and oxygen atoms in total. The van der Waals surface area contributed by atoms with Crippen LogP contribution in [-0.2, 0) is 0 Å². The fourth-order valence-corrected chi connectivity index (χ4v) is 2.11. The van der Waals surface area contributed by atoms with Crippen LogP contribution in [0.1, 0.15) is 62.0 Å². The van der Waals surface area contributed by atoms with Gasteiger partial charge in [-0.25, -0.2) is 0 Å². The van der Waals surface area contributed by atoms with E-state index >= 15 is 0 Å². The predicted molar refractivity (Wildman–Crippen MR) is 59.7 cm³/mol. The van der Waals surface area contributed by atoms with Crippen molar-refractivity contribution < 1.29 is 0 Å². The third-order valence-corrected chi connectivity index (χ3v) is 2.57. The lowest BCUT2D eigenvalue weighted by atomic mass is 9.89. The molecule has 0 aliphatic rings. The molecule has 14 heavy (non-hydrogen) atoms. The average Bonchev–Trinajstić information content (AvgIpc) is 2.07. The second-order valence-corrected chi connectivity index (χ2v) is 4.51. The molecule has 1 aromatic rings. The third-order valence-electron chi connectivity index (χ3n) is 2.57. The van der Waals surface area contributed by atoms with Gasteiger partial charge in [0.15, 0.2) is 0 Å². The van der Waals surface area contributed by atoms with E-state index in [1.165, 1.54) is 11.1 Å². The molecule has 0 N–H and O–H groups in total. The van der Waals surface area contributed by atoms with E-state index in [0.29, 0.717) is 11.8 Å². The second-order valence-electron chi connectivity index (χ2n) is 4.51. The van der Waals surface area contributed by atoms with Gasteiger partial charge in [-0.05, 0) is 36.8 Å². The first-order valence-electron chi connectivity index (χ1n) is 5.28. The normalized spacial score (nSPS) is 11.4. The van der Waals surface area contributed by atoms with Crippen LogP contribution in [0, 0.1) is 13.8 Å². The smallest absolute Gasteiger partial charge is 0.0637 e. The van der Waals surface area contributed by atoms with E-state index in [2.05, 4.69) is 37.9 Å². The van der Waals surface area contributed by atoms with Crippen LogP contribution < -0.4 is 0 Å². The molecule has 0 saturated carbocycles. The van der Waals surface area contributed by atoms with Crippen molar-refractivity contribution >= 4 is 0 Å². The average molecular weight is 192 g/mol. The third kappa shape index (κ3) is 1.94. The van der Waals surface area contributed by atoms with Crippen molar-refractivity contribution in [1.29, 1.82) is 0 Å². The molecule has 0 unspecified atom stereocenters. The molecule has 1 aromatic heterocycles. The van der Waals surface area contributed by atoms with Gasteiger partial charge >= 0.3 is 0 Å². The summed E-state index contributed by atoms with van der Waals surface area (Å²) in [4.78, 5) is 0. The van der Waals surface area contributed by atoms with Crippen molar-refractivity contribution in [1.82, 2.24) is 10.2 Å². The Kier molecular flexibility index (Phi) is 3.25. The maximum absolute atomic E-state index is 4.19. The van der Waals surface area contributed by atoms with Crippen molar-refractivity contribution in [2.75, 3.05) is 0 Å². The fraction of sp³-hybridized carbons (Fsp3) is 0.667. The van der Waals surface area contributed by atoms with Crippen LogP contribution in [0.4, 0.5) is 0 Å². The van der Waals surface area contributed by atoms with E-state index in [1.807, 2.05) is 13.8 Å². The van der Waals surface area contributed by atoms with Crippen molar-refractivity contribution in [3.8, 4) is 0 Å². The van der Waals surface area contributed by atoms with Crippen molar-refractivity contribution in [2.24, 2.45) is 0 Å². The fourth-order valence-electron chi connectivity index (χ4n) is 2.11. The largest absolute Gasteiger partial charge is 0.155 e. The van der Waals surface area contributed by atoms with E-state index in [9.17, 15) is 0 Å². The minimum Gasteiger partial charge on any atom is -0.155 e. The summed E-state index contributed by atoms with van der Waals surface area (Å²) in [5.74, 6) is 1.06. The summed E-state index contributed by atoms with van der Waals surface area (Å²) < 4.78 is 0. The first kappa shape index (κ1) is 11.2. The Hall–Kier alpha value is -0.920. The molecule has 0 aliphatic carbocycles. The van der Waals surface area contributed by atoms with Gasteiger partial charge in [-0.3, -0.25) is 0 Å². The van der Waals surface area contributed by atoms with Gasteiger partial charge in [0.1, 0.15) is 0 Å². The summed E-state index contributed by atoms with van der Waals surface area (Å²) in [5, 5.41) is 8.39. The van der Waals surface area contributed by atoms with Crippen molar-refractivity contribution in [3.63, 3.8) is 0 Å². The number of aryl methyl sites for hydroxylation is 2. The first-order chi connectivity index (χ1) is 6.45. The second kappa shape index (κ2) is 4.07. The molecular formula is C12H20N2. The van der Waals surface area contributed by atoms with Crippen LogP contribution in [-0.4, -0.2) is 10.2 Å². The van der Waals surface area contributed by atoms with E-state index < -0.39 is 0 Å². The van der Waals surface area contributed by atoms with E-state index in [0.717, 1.165) is 11.4 Å². The highest BCUT2D eigenvalue weighted by molar-refractivity contribution is 5.36. The Bertz CT molecular complexity index is 294. The van der Waals surface area contributed by atoms with E-state index in [4.69, 9.17) is 0 Å². The monoisotopic (exact) mass is 192 g/mol. The topological polar surface area (TPSA) is 25.8 Å². The van der Waals surface area contributed by atoms with Crippen molar-refractivity contribution in [3.05, 3.63) is 22.5 Å². The number of nitrogens with zero attached hydrogens (tertiary/aromatic N) is 2. The highest BCUT2D eigenvalue weighted by Crippen LogP contribution is 2.29. The molecule has 0 atom stereocenters. The van der Waals surface area contributed by atoms with Gasteiger partial charge < -0.3 is 0 Å². The molecule has 0 radical (unpaired) electrons. The van der Waals surface area contributed by atoms with Gasteiger partial charge in [0.2, 0.25) is 0 Å². The number of hydrogen-bond donors (Lipinski definition) is 0. The van der Waals surface area contributed by atoms with Crippen LogP contribution in [0.3, 0.4) is 0 Å². The highest BCUT2D eigenvalue weighted by atomic mass is 15.1. The Morgan fingerprint density at radius 1 is 0.714 bits per heavy atom. The molecular weight excluding hydrogens is 172 g/mol. The van der Waals surface area contributed by atoms with Crippen LogP contribution >= 0.6 is 0 Å². The van der Waals surface area contributed by atoms with Gasteiger partial charge in [-0.1, -0.05) is 27.7 Å². The van der Waals surface area contributed by atoms with Crippen LogP contribution in [0.2, 0.25) is 0 Å². The predicted octanol–water partition coefficient (Wildman–Crippen LogP) is 3.34. The molecule has 0 aromatic carbocycles. The zero-order valence-electron chi connectivity index (χ0n) is 10.0. The van der Waals surface area contributed by atoms with E-state index in [1.54, 1.807) is 0 Å². The highest BCUT2D eigenvalue weighted by Gasteiger charge is 2.16. The summed E-state index contributed by atoms with van der Waals surface area (Å²) in [5.41, 5.74) is 4.92. The number of aromatic nitrogens is 2. The lowest BCUT2D eigenvalue weighted by molar-refractivity contribution is 0.735. The Labute approximate surface area is 86.8 Å². The minimum atomic E-state index is 0.529. The summed E-state index contributed by atoms with van der Waals surface area (Å²) >= 11 is 0. The molecule has 0 amide bonds. The molecule has 1 heterocycles. The van der Waals surface area contributed by atoms with Crippen LogP contribution in [0.25, 0.3) is 0 Å². The van der Waals surface area contributed by atoms with Gasteiger partial charge in [-0.2, -0.15) is 10.2 Å². The van der Waals surface area contributed by atoms with Gasteiger partial charge in [0, 0.05) is 0 Å². The molecule has 2 heteroatoms.